The normalized spacial score (nSPS) is 16.3. The Hall–Kier alpha value is -1.39. The van der Waals surface area contributed by atoms with Crippen molar-refractivity contribution in [3.05, 3.63) is 35.4 Å². The number of hydrogen-bond donors (Lipinski definition) is 2. The van der Waals surface area contributed by atoms with Crippen molar-refractivity contribution in [2.24, 2.45) is 11.1 Å². The van der Waals surface area contributed by atoms with E-state index in [1.807, 2.05) is 18.2 Å². The molecule has 0 unspecified atom stereocenters. The number of rotatable bonds is 8. The summed E-state index contributed by atoms with van der Waals surface area (Å²) in [5.41, 5.74) is 7.36. The van der Waals surface area contributed by atoms with E-state index in [0.29, 0.717) is 17.5 Å². The van der Waals surface area contributed by atoms with Crippen LogP contribution in [0.4, 0.5) is 0 Å². The predicted molar refractivity (Wildman–Crippen MR) is 74.8 cm³/mol. The van der Waals surface area contributed by atoms with Crippen molar-refractivity contribution in [2.75, 3.05) is 20.3 Å². The predicted octanol–water partition coefficient (Wildman–Crippen LogP) is 1.69. The Kier molecular flexibility index (Phi) is 4.56. The van der Waals surface area contributed by atoms with Crippen molar-refractivity contribution in [1.82, 2.24) is 5.32 Å². The molecule has 1 aromatic carbocycles. The lowest BCUT2D eigenvalue weighted by Gasteiger charge is -2.16. The zero-order chi connectivity index (χ0) is 13.7. The molecule has 4 nitrogen and oxygen atoms in total. The molecule has 0 aliphatic heterocycles. The minimum Gasteiger partial charge on any atom is -0.385 e. The van der Waals surface area contributed by atoms with Crippen LogP contribution in [-0.2, 0) is 11.3 Å². The minimum absolute atomic E-state index is 0.363. The number of hydrogen-bond acceptors (Lipinski definition) is 3. The van der Waals surface area contributed by atoms with E-state index >= 15 is 0 Å². The smallest absolute Gasteiger partial charge is 0.249 e. The molecule has 104 valence electrons. The number of benzene rings is 1. The van der Waals surface area contributed by atoms with E-state index in [1.54, 1.807) is 13.2 Å². The van der Waals surface area contributed by atoms with Crippen LogP contribution in [0, 0.1) is 5.41 Å². The molecule has 0 atom stereocenters. The summed E-state index contributed by atoms with van der Waals surface area (Å²) in [7, 11) is 1.74. The van der Waals surface area contributed by atoms with Gasteiger partial charge in [-0.15, -0.1) is 0 Å². The molecular weight excluding hydrogens is 240 g/mol. The zero-order valence-electron chi connectivity index (χ0n) is 11.4. The van der Waals surface area contributed by atoms with Gasteiger partial charge >= 0.3 is 0 Å². The summed E-state index contributed by atoms with van der Waals surface area (Å²) in [6.45, 7) is 2.48. The van der Waals surface area contributed by atoms with Gasteiger partial charge in [0.15, 0.2) is 0 Å². The van der Waals surface area contributed by atoms with Gasteiger partial charge < -0.3 is 15.8 Å². The van der Waals surface area contributed by atoms with Gasteiger partial charge in [0.05, 0.1) is 0 Å². The van der Waals surface area contributed by atoms with Gasteiger partial charge in [-0.2, -0.15) is 0 Å². The molecule has 4 heteroatoms. The number of ether oxygens (including phenoxy) is 1. The lowest BCUT2D eigenvalue weighted by Crippen LogP contribution is -2.26. The van der Waals surface area contributed by atoms with Crippen LogP contribution >= 0.6 is 0 Å². The van der Waals surface area contributed by atoms with E-state index in [4.69, 9.17) is 10.5 Å². The monoisotopic (exact) mass is 262 g/mol. The van der Waals surface area contributed by atoms with Gasteiger partial charge in [0.25, 0.3) is 0 Å². The van der Waals surface area contributed by atoms with E-state index in [1.165, 1.54) is 12.8 Å². The van der Waals surface area contributed by atoms with E-state index in [-0.39, 0.29) is 5.91 Å². The molecule has 0 saturated heterocycles. The van der Waals surface area contributed by atoms with Crippen LogP contribution < -0.4 is 11.1 Å². The van der Waals surface area contributed by atoms with Crippen LogP contribution in [0.3, 0.4) is 0 Å². The average molecular weight is 262 g/mol. The van der Waals surface area contributed by atoms with Crippen LogP contribution in [0.2, 0.25) is 0 Å². The second-order valence-electron chi connectivity index (χ2n) is 5.37. The minimum atomic E-state index is -0.363. The molecule has 1 aliphatic carbocycles. The summed E-state index contributed by atoms with van der Waals surface area (Å²) >= 11 is 0. The Morgan fingerprint density at radius 3 is 2.79 bits per heavy atom. The van der Waals surface area contributed by atoms with Crippen molar-refractivity contribution in [3.8, 4) is 0 Å². The molecule has 0 spiro atoms. The summed E-state index contributed by atoms with van der Waals surface area (Å²) in [6.07, 6.45) is 3.63. The maximum absolute atomic E-state index is 11.3. The van der Waals surface area contributed by atoms with Gasteiger partial charge in [-0.3, -0.25) is 4.79 Å². The maximum Gasteiger partial charge on any atom is 0.249 e. The number of nitrogens with two attached hydrogens (primary N) is 1. The quantitative estimate of drug-likeness (QED) is 0.749. The molecule has 1 aliphatic rings. The SMILES string of the molecule is COCCC1(CNCc2ccccc2C(N)=O)CC1. The molecular formula is C15H22N2O2. The number of methoxy groups -OCH3 is 1. The van der Waals surface area contributed by atoms with Crippen LogP contribution in [0.5, 0.6) is 0 Å². The van der Waals surface area contributed by atoms with Gasteiger partial charge in [-0.05, 0) is 36.3 Å². The highest BCUT2D eigenvalue weighted by atomic mass is 16.5. The third-order valence-electron chi connectivity index (χ3n) is 3.89. The molecule has 19 heavy (non-hydrogen) atoms. The Bertz CT molecular complexity index is 442. The first-order chi connectivity index (χ1) is 9.17. The molecule has 0 bridgehead atoms. The highest BCUT2D eigenvalue weighted by molar-refractivity contribution is 5.94. The highest BCUT2D eigenvalue weighted by Crippen LogP contribution is 2.48. The lowest BCUT2D eigenvalue weighted by atomic mass is 10.0. The van der Waals surface area contributed by atoms with Crippen molar-refractivity contribution < 1.29 is 9.53 Å². The van der Waals surface area contributed by atoms with Crippen molar-refractivity contribution >= 4 is 5.91 Å². The molecule has 2 rings (SSSR count). The average Bonchev–Trinajstić information content (AvgIpc) is 3.17. The summed E-state index contributed by atoms with van der Waals surface area (Å²) < 4.78 is 5.14. The number of nitrogens with one attached hydrogen (secondary N) is 1. The summed E-state index contributed by atoms with van der Waals surface area (Å²) in [5, 5.41) is 3.45. The summed E-state index contributed by atoms with van der Waals surface area (Å²) in [5.74, 6) is -0.363. The first-order valence-electron chi connectivity index (χ1n) is 6.74. The van der Waals surface area contributed by atoms with E-state index in [2.05, 4.69) is 5.32 Å². The second-order valence-corrected chi connectivity index (χ2v) is 5.37. The Labute approximate surface area is 114 Å². The molecule has 3 N–H and O–H groups in total. The topological polar surface area (TPSA) is 64.3 Å². The van der Waals surface area contributed by atoms with Gasteiger partial charge in [0, 0.05) is 32.4 Å². The molecule has 0 radical (unpaired) electrons. The number of primary amides is 1. The van der Waals surface area contributed by atoms with Crippen LogP contribution in [0.15, 0.2) is 24.3 Å². The molecule has 1 saturated carbocycles. The third-order valence-corrected chi connectivity index (χ3v) is 3.89. The summed E-state index contributed by atoms with van der Waals surface area (Å²) in [6, 6.07) is 7.49. The number of amides is 1. The fourth-order valence-corrected chi connectivity index (χ4v) is 2.39. The number of carbonyl (C=O) groups excluding carboxylic acids is 1. The van der Waals surface area contributed by atoms with Gasteiger partial charge in [0.1, 0.15) is 0 Å². The van der Waals surface area contributed by atoms with E-state index in [9.17, 15) is 4.79 Å². The first-order valence-corrected chi connectivity index (χ1v) is 6.74. The summed E-state index contributed by atoms with van der Waals surface area (Å²) in [4.78, 5) is 11.3. The molecule has 1 fully saturated rings. The maximum atomic E-state index is 11.3. The fraction of sp³-hybridized carbons (Fsp3) is 0.533. The van der Waals surface area contributed by atoms with Crippen molar-refractivity contribution in [3.63, 3.8) is 0 Å². The lowest BCUT2D eigenvalue weighted by molar-refractivity contribution is 0.0999. The Morgan fingerprint density at radius 1 is 1.42 bits per heavy atom. The fourth-order valence-electron chi connectivity index (χ4n) is 2.39. The van der Waals surface area contributed by atoms with E-state index in [0.717, 1.165) is 25.1 Å². The van der Waals surface area contributed by atoms with Gasteiger partial charge in [-0.25, -0.2) is 0 Å². The largest absolute Gasteiger partial charge is 0.385 e. The van der Waals surface area contributed by atoms with Crippen molar-refractivity contribution in [2.45, 2.75) is 25.8 Å². The van der Waals surface area contributed by atoms with Crippen LogP contribution in [0.1, 0.15) is 35.2 Å². The molecule has 0 heterocycles. The first kappa shape index (κ1) is 14.0. The van der Waals surface area contributed by atoms with Gasteiger partial charge in [0.2, 0.25) is 5.91 Å². The van der Waals surface area contributed by atoms with Gasteiger partial charge in [-0.1, -0.05) is 18.2 Å². The number of carbonyl (C=O) groups is 1. The molecule has 1 aromatic rings. The van der Waals surface area contributed by atoms with Crippen molar-refractivity contribution in [1.29, 1.82) is 0 Å². The zero-order valence-corrected chi connectivity index (χ0v) is 11.4. The second kappa shape index (κ2) is 6.17. The molecule has 1 amide bonds. The standard InChI is InChI=1S/C15H22N2O2/c1-19-9-8-15(6-7-15)11-17-10-12-4-2-3-5-13(12)14(16)18/h2-5,17H,6-11H2,1H3,(H2,16,18). The van der Waals surface area contributed by atoms with Crippen LogP contribution in [-0.4, -0.2) is 26.2 Å². The Morgan fingerprint density at radius 2 is 2.16 bits per heavy atom. The Balaban J connectivity index is 1.85. The van der Waals surface area contributed by atoms with E-state index < -0.39 is 0 Å². The van der Waals surface area contributed by atoms with Crippen LogP contribution in [0.25, 0.3) is 0 Å². The highest BCUT2D eigenvalue weighted by Gasteiger charge is 2.41. The third kappa shape index (κ3) is 3.78. The molecule has 0 aromatic heterocycles.